The second kappa shape index (κ2) is 5.95. The number of rotatable bonds is 3. The summed E-state index contributed by atoms with van der Waals surface area (Å²) < 4.78 is 0.882. The van der Waals surface area contributed by atoms with Crippen LogP contribution >= 0.6 is 15.9 Å². The third-order valence-electron chi connectivity index (χ3n) is 4.12. The van der Waals surface area contributed by atoms with Crippen molar-refractivity contribution in [1.29, 1.82) is 0 Å². The Hall–Kier alpha value is -1.36. The van der Waals surface area contributed by atoms with E-state index in [0.717, 1.165) is 23.7 Å². The van der Waals surface area contributed by atoms with Crippen LogP contribution in [0.2, 0.25) is 0 Å². The molecule has 1 aromatic carbocycles. The minimum atomic E-state index is -1.14. The Morgan fingerprint density at radius 1 is 1.30 bits per heavy atom. The highest BCUT2D eigenvalue weighted by atomic mass is 79.9. The summed E-state index contributed by atoms with van der Waals surface area (Å²) >= 11 is 3.31. The Labute approximate surface area is 126 Å². The Balaban J connectivity index is 2.22. The standard InChI is InChI=1S/C15H18BrNO3/c1-10-4-2-3-9-15(10,14(19)20)17-13(18)11-5-7-12(16)8-6-11/h5-8,10H,2-4,9H2,1H3,(H,17,18)(H,19,20). The lowest BCUT2D eigenvalue weighted by molar-refractivity contribution is -0.148. The van der Waals surface area contributed by atoms with Gasteiger partial charge in [0.1, 0.15) is 5.54 Å². The van der Waals surface area contributed by atoms with Gasteiger partial charge in [-0.2, -0.15) is 0 Å². The lowest BCUT2D eigenvalue weighted by atomic mass is 9.73. The van der Waals surface area contributed by atoms with Crippen molar-refractivity contribution in [3.63, 3.8) is 0 Å². The molecule has 0 radical (unpaired) electrons. The number of aliphatic carboxylic acids is 1. The van der Waals surface area contributed by atoms with E-state index in [9.17, 15) is 14.7 Å². The van der Waals surface area contributed by atoms with Crippen molar-refractivity contribution < 1.29 is 14.7 Å². The first kappa shape index (κ1) is 15.0. The molecule has 1 fully saturated rings. The Morgan fingerprint density at radius 2 is 1.95 bits per heavy atom. The summed E-state index contributed by atoms with van der Waals surface area (Å²) in [5.74, 6) is -1.32. The molecule has 0 bridgehead atoms. The first-order valence-corrected chi connectivity index (χ1v) is 7.56. The molecule has 1 aromatic rings. The molecule has 108 valence electrons. The van der Waals surface area contributed by atoms with Gasteiger partial charge in [-0.15, -0.1) is 0 Å². The molecular formula is C15H18BrNO3. The van der Waals surface area contributed by atoms with Gasteiger partial charge in [0.05, 0.1) is 0 Å². The van der Waals surface area contributed by atoms with E-state index in [1.807, 2.05) is 6.92 Å². The van der Waals surface area contributed by atoms with Crippen LogP contribution in [0.3, 0.4) is 0 Å². The van der Waals surface area contributed by atoms with Crippen molar-refractivity contribution in [2.45, 2.75) is 38.1 Å². The molecule has 20 heavy (non-hydrogen) atoms. The maximum Gasteiger partial charge on any atom is 0.329 e. The molecule has 1 saturated carbocycles. The Bertz CT molecular complexity index is 514. The molecular weight excluding hydrogens is 322 g/mol. The smallest absolute Gasteiger partial charge is 0.329 e. The van der Waals surface area contributed by atoms with Crippen LogP contribution < -0.4 is 5.32 Å². The molecule has 2 N–H and O–H groups in total. The fraction of sp³-hybridized carbons (Fsp3) is 0.467. The number of hydrogen-bond acceptors (Lipinski definition) is 2. The summed E-state index contributed by atoms with van der Waals surface area (Å²) in [6.07, 6.45) is 3.17. The van der Waals surface area contributed by atoms with E-state index in [0.29, 0.717) is 12.0 Å². The second-order valence-corrected chi connectivity index (χ2v) is 6.30. The van der Waals surface area contributed by atoms with E-state index in [-0.39, 0.29) is 11.8 Å². The predicted molar refractivity (Wildman–Crippen MR) is 79.6 cm³/mol. The normalized spacial score (nSPS) is 26.0. The van der Waals surface area contributed by atoms with Gasteiger partial charge in [0, 0.05) is 10.0 Å². The maximum atomic E-state index is 12.3. The van der Waals surface area contributed by atoms with Crippen LogP contribution in [0.1, 0.15) is 43.0 Å². The highest BCUT2D eigenvalue weighted by Gasteiger charge is 2.46. The van der Waals surface area contributed by atoms with E-state index in [1.54, 1.807) is 24.3 Å². The first-order chi connectivity index (χ1) is 9.45. The van der Waals surface area contributed by atoms with Gasteiger partial charge in [0.25, 0.3) is 5.91 Å². The number of carboxylic acid groups (broad SMARTS) is 1. The summed E-state index contributed by atoms with van der Waals surface area (Å²) in [6.45, 7) is 1.90. The average Bonchev–Trinajstić information content (AvgIpc) is 2.42. The molecule has 0 heterocycles. The fourth-order valence-electron chi connectivity index (χ4n) is 2.78. The summed E-state index contributed by atoms with van der Waals surface area (Å²) in [4.78, 5) is 24.0. The Kier molecular flexibility index (Phi) is 4.48. The number of halogens is 1. The van der Waals surface area contributed by atoms with E-state index in [4.69, 9.17) is 0 Å². The molecule has 5 heteroatoms. The van der Waals surface area contributed by atoms with Gasteiger partial charge in [0.15, 0.2) is 0 Å². The summed E-state index contributed by atoms with van der Waals surface area (Å²) in [5.41, 5.74) is -0.658. The highest BCUT2D eigenvalue weighted by Crippen LogP contribution is 2.34. The average molecular weight is 340 g/mol. The molecule has 2 rings (SSSR count). The van der Waals surface area contributed by atoms with Gasteiger partial charge < -0.3 is 10.4 Å². The van der Waals surface area contributed by atoms with Crippen molar-refractivity contribution in [3.05, 3.63) is 34.3 Å². The number of carbonyl (C=O) groups excluding carboxylic acids is 1. The molecule has 1 amide bonds. The van der Waals surface area contributed by atoms with E-state index in [2.05, 4.69) is 21.2 Å². The topological polar surface area (TPSA) is 66.4 Å². The number of carboxylic acids is 1. The molecule has 1 aliphatic rings. The van der Waals surface area contributed by atoms with Gasteiger partial charge in [-0.3, -0.25) is 4.79 Å². The van der Waals surface area contributed by atoms with Crippen molar-refractivity contribution >= 4 is 27.8 Å². The lowest BCUT2D eigenvalue weighted by Crippen LogP contribution is -2.60. The van der Waals surface area contributed by atoms with E-state index < -0.39 is 11.5 Å². The van der Waals surface area contributed by atoms with E-state index >= 15 is 0 Å². The highest BCUT2D eigenvalue weighted by molar-refractivity contribution is 9.10. The van der Waals surface area contributed by atoms with Crippen LogP contribution in [0.5, 0.6) is 0 Å². The van der Waals surface area contributed by atoms with Gasteiger partial charge in [-0.1, -0.05) is 35.7 Å². The molecule has 1 aliphatic carbocycles. The third kappa shape index (κ3) is 2.87. The number of nitrogens with one attached hydrogen (secondary N) is 1. The zero-order valence-electron chi connectivity index (χ0n) is 11.4. The van der Waals surface area contributed by atoms with Crippen LogP contribution in [-0.2, 0) is 4.79 Å². The molecule has 4 nitrogen and oxygen atoms in total. The van der Waals surface area contributed by atoms with Gasteiger partial charge in [-0.05, 0) is 43.0 Å². The van der Waals surface area contributed by atoms with Gasteiger partial charge in [0.2, 0.25) is 0 Å². The minimum Gasteiger partial charge on any atom is -0.479 e. The van der Waals surface area contributed by atoms with Crippen LogP contribution in [-0.4, -0.2) is 22.5 Å². The van der Waals surface area contributed by atoms with Crippen LogP contribution in [0, 0.1) is 5.92 Å². The Morgan fingerprint density at radius 3 is 2.50 bits per heavy atom. The van der Waals surface area contributed by atoms with Gasteiger partial charge in [-0.25, -0.2) is 4.79 Å². The largest absolute Gasteiger partial charge is 0.479 e. The number of carbonyl (C=O) groups is 2. The van der Waals surface area contributed by atoms with Gasteiger partial charge >= 0.3 is 5.97 Å². The summed E-state index contributed by atoms with van der Waals surface area (Å²) in [6, 6.07) is 6.91. The lowest BCUT2D eigenvalue weighted by Gasteiger charge is -2.39. The van der Waals surface area contributed by atoms with Crippen LogP contribution in [0.4, 0.5) is 0 Å². The number of hydrogen-bond donors (Lipinski definition) is 2. The zero-order valence-corrected chi connectivity index (χ0v) is 12.9. The SMILES string of the molecule is CC1CCCCC1(NC(=O)c1ccc(Br)cc1)C(=O)O. The quantitative estimate of drug-likeness (QED) is 0.888. The fourth-order valence-corrected chi connectivity index (χ4v) is 3.04. The number of amides is 1. The molecule has 2 unspecified atom stereocenters. The first-order valence-electron chi connectivity index (χ1n) is 6.77. The van der Waals surface area contributed by atoms with E-state index in [1.165, 1.54) is 0 Å². The summed E-state index contributed by atoms with van der Waals surface area (Å²) in [7, 11) is 0. The van der Waals surface area contributed by atoms with Crippen LogP contribution in [0.15, 0.2) is 28.7 Å². The van der Waals surface area contributed by atoms with Crippen molar-refractivity contribution in [1.82, 2.24) is 5.32 Å². The van der Waals surface area contributed by atoms with Crippen molar-refractivity contribution in [3.8, 4) is 0 Å². The monoisotopic (exact) mass is 339 g/mol. The van der Waals surface area contributed by atoms with Crippen molar-refractivity contribution in [2.75, 3.05) is 0 Å². The van der Waals surface area contributed by atoms with Crippen molar-refractivity contribution in [2.24, 2.45) is 5.92 Å². The van der Waals surface area contributed by atoms with Crippen LogP contribution in [0.25, 0.3) is 0 Å². The molecule has 0 aliphatic heterocycles. The minimum absolute atomic E-state index is 0.0619. The molecule has 0 saturated heterocycles. The number of benzene rings is 1. The molecule has 0 aromatic heterocycles. The molecule has 0 spiro atoms. The maximum absolute atomic E-state index is 12.3. The summed E-state index contributed by atoms with van der Waals surface area (Å²) in [5, 5.41) is 12.3. The third-order valence-corrected chi connectivity index (χ3v) is 4.65. The zero-order chi connectivity index (χ0) is 14.8. The second-order valence-electron chi connectivity index (χ2n) is 5.38. The molecule has 2 atom stereocenters. The predicted octanol–water partition coefficient (Wildman–Crippen LogP) is 3.21.